The van der Waals surface area contributed by atoms with Crippen LogP contribution in [0.2, 0.25) is 0 Å². The summed E-state index contributed by atoms with van der Waals surface area (Å²) in [4.78, 5) is 48.7. The molecule has 154 valence electrons. The van der Waals surface area contributed by atoms with Crippen molar-refractivity contribution in [2.75, 3.05) is 12.0 Å². The largest absolute Gasteiger partial charge is 0.459 e. The van der Waals surface area contributed by atoms with Gasteiger partial charge in [0, 0.05) is 6.20 Å². The van der Waals surface area contributed by atoms with Crippen molar-refractivity contribution in [2.24, 2.45) is 0 Å². The minimum atomic E-state index is -0.814. The molecule has 2 aromatic rings. The standard InChI is InChI=1S/C21H24N2O5S/c1-15(24)17-9-6-11-23(20(17)26)13-19(25)22-18(10-12-29-2)21(27)28-14-16-7-4-3-5-8-16/h3-9,11,18H,10,12-14H2,1-2H3,(H,22,25)/t18-/m1/s1. The van der Waals surface area contributed by atoms with Gasteiger partial charge in [0.1, 0.15) is 19.2 Å². The number of ether oxygens (including phenoxy) is 1. The Labute approximate surface area is 173 Å². The Morgan fingerprint density at radius 1 is 1.14 bits per heavy atom. The zero-order valence-corrected chi connectivity index (χ0v) is 17.2. The van der Waals surface area contributed by atoms with Crippen LogP contribution in [-0.2, 0) is 27.5 Å². The zero-order chi connectivity index (χ0) is 21.2. The van der Waals surface area contributed by atoms with Crippen molar-refractivity contribution in [1.82, 2.24) is 9.88 Å². The Hall–Kier alpha value is -2.87. The second kappa shape index (κ2) is 11.2. The molecular formula is C21H24N2O5S. The molecule has 1 aromatic heterocycles. The van der Waals surface area contributed by atoms with Crippen LogP contribution in [0, 0.1) is 0 Å². The second-order valence-corrected chi connectivity index (χ2v) is 7.39. The van der Waals surface area contributed by atoms with Gasteiger partial charge < -0.3 is 14.6 Å². The van der Waals surface area contributed by atoms with Crippen LogP contribution in [0.25, 0.3) is 0 Å². The number of carbonyl (C=O) groups excluding carboxylic acids is 3. The first-order chi connectivity index (χ1) is 13.9. The minimum Gasteiger partial charge on any atom is -0.459 e. The molecule has 1 heterocycles. The van der Waals surface area contributed by atoms with Gasteiger partial charge in [-0.05, 0) is 43.0 Å². The molecule has 8 heteroatoms. The Morgan fingerprint density at radius 3 is 2.52 bits per heavy atom. The second-order valence-electron chi connectivity index (χ2n) is 6.41. The molecule has 29 heavy (non-hydrogen) atoms. The van der Waals surface area contributed by atoms with Crippen LogP contribution in [0.4, 0.5) is 0 Å². The maximum Gasteiger partial charge on any atom is 0.329 e. The lowest BCUT2D eigenvalue weighted by atomic mass is 10.2. The normalized spacial score (nSPS) is 11.5. The van der Waals surface area contributed by atoms with Gasteiger partial charge in [-0.15, -0.1) is 0 Å². The fourth-order valence-electron chi connectivity index (χ4n) is 2.64. The highest BCUT2D eigenvalue weighted by Gasteiger charge is 2.22. The first kappa shape index (κ1) is 22.4. The Balaban J connectivity index is 2.02. The van der Waals surface area contributed by atoms with E-state index in [0.29, 0.717) is 12.2 Å². The van der Waals surface area contributed by atoms with Gasteiger partial charge in [-0.25, -0.2) is 4.79 Å². The van der Waals surface area contributed by atoms with Crippen LogP contribution < -0.4 is 10.9 Å². The highest BCUT2D eigenvalue weighted by molar-refractivity contribution is 7.98. The van der Waals surface area contributed by atoms with Crippen LogP contribution >= 0.6 is 11.8 Å². The average Bonchev–Trinajstić information content (AvgIpc) is 2.71. The Bertz CT molecular complexity index is 911. The monoisotopic (exact) mass is 416 g/mol. The maximum atomic E-state index is 12.5. The number of nitrogens with zero attached hydrogens (tertiary/aromatic N) is 1. The van der Waals surface area contributed by atoms with Gasteiger partial charge in [0.25, 0.3) is 5.56 Å². The smallest absolute Gasteiger partial charge is 0.329 e. The molecule has 0 aliphatic carbocycles. The summed E-state index contributed by atoms with van der Waals surface area (Å²) in [7, 11) is 0. The predicted molar refractivity (Wildman–Crippen MR) is 112 cm³/mol. The third kappa shape index (κ3) is 6.90. The molecule has 1 atom stereocenters. The van der Waals surface area contributed by atoms with Gasteiger partial charge in [0.15, 0.2) is 5.78 Å². The molecule has 0 unspecified atom stereocenters. The summed E-state index contributed by atoms with van der Waals surface area (Å²) < 4.78 is 6.48. The summed E-state index contributed by atoms with van der Waals surface area (Å²) in [5.41, 5.74) is 0.326. The summed E-state index contributed by atoms with van der Waals surface area (Å²) in [6.45, 7) is 1.12. The first-order valence-corrected chi connectivity index (χ1v) is 10.5. The number of Topliss-reactive ketones (excluding diaryl/α,β-unsaturated/α-hetero) is 1. The van der Waals surface area contributed by atoms with Crippen LogP contribution in [0.5, 0.6) is 0 Å². The van der Waals surface area contributed by atoms with E-state index in [1.807, 2.05) is 36.6 Å². The van der Waals surface area contributed by atoms with Crippen molar-refractivity contribution in [2.45, 2.75) is 32.5 Å². The quantitative estimate of drug-likeness (QED) is 0.470. The summed E-state index contributed by atoms with van der Waals surface area (Å²) in [5.74, 6) is -0.741. The molecular weight excluding hydrogens is 392 g/mol. The SMILES string of the molecule is CSCC[C@@H](NC(=O)Cn1cccc(C(C)=O)c1=O)C(=O)OCc1ccccc1. The van der Waals surface area contributed by atoms with Crippen LogP contribution in [0.1, 0.15) is 29.3 Å². The summed E-state index contributed by atoms with van der Waals surface area (Å²) in [6.07, 6.45) is 3.74. The summed E-state index contributed by atoms with van der Waals surface area (Å²) in [5, 5.41) is 2.64. The highest BCUT2D eigenvalue weighted by atomic mass is 32.2. The van der Waals surface area contributed by atoms with Crippen molar-refractivity contribution in [3.8, 4) is 0 Å². The summed E-state index contributed by atoms with van der Waals surface area (Å²) >= 11 is 1.55. The zero-order valence-electron chi connectivity index (χ0n) is 16.4. The molecule has 0 radical (unpaired) electrons. The number of rotatable bonds is 10. The Kier molecular flexibility index (Phi) is 8.67. The van der Waals surface area contributed by atoms with E-state index < -0.39 is 23.5 Å². The van der Waals surface area contributed by atoms with Crippen LogP contribution in [0.3, 0.4) is 0 Å². The number of ketones is 1. The van der Waals surface area contributed by atoms with Gasteiger partial charge in [-0.2, -0.15) is 11.8 Å². The molecule has 0 saturated heterocycles. The lowest BCUT2D eigenvalue weighted by molar-refractivity contribution is -0.149. The number of carbonyl (C=O) groups is 3. The van der Waals surface area contributed by atoms with E-state index in [4.69, 9.17) is 4.74 Å². The van der Waals surface area contributed by atoms with E-state index in [-0.39, 0.29) is 24.5 Å². The summed E-state index contributed by atoms with van der Waals surface area (Å²) in [6, 6.07) is 11.4. The third-order valence-electron chi connectivity index (χ3n) is 4.17. The van der Waals surface area contributed by atoms with E-state index in [9.17, 15) is 19.2 Å². The number of thioether (sulfide) groups is 1. The van der Waals surface area contributed by atoms with E-state index in [1.165, 1.54) is 25.3 Å². The van der Waals surface area contributed by atoms with Crippen molar-refractivity contribution < 1.29 is 19.1 Å². The number of esters is 1. The van der Waals surface area contributed by atoms with Gasteiger partial charge in [0.2, 0.25) is 5.91 Å². The van der Waals surface area contributed by atoms with E-state index in [0.717, 1.165) is 10.1 Å². The van der Waals surface area contributed by atoms with E-state index >= 15 is 0 Å². The van der Waals surface area contributed by atoms with Crippen molar-refractivity contribution in [3.63, 3.8) is 0 Å². The molecule has 7 nitrogen and oxygen atoms in total. The van der Waals surface area contributed by atoms with Crippen LogP contribution in [-0.4, -0.2) is 40.3 Å². The number of amides is 1. The predicted octanol–water partition coefficient (Wildman–Crippen LogP) is 2.03. The minimum absolute atomic E-state index is 0.0153. The van der Waals surface area contributed by atoms with Crippen molar-refractivity contribution >= 4 is 29.4 Å². The van der Waals surface area contributed by atoms with Crippen molar-refractivity contribution in [1.29, 1.82) is 0 Å². The first-order valence-electron chi connectivity index (χ1n) is 9.11. The van der Waals surface area contributed by atoms with E-state index in [1.54, 1.807) is 11.8 Å². The number of benzene rings is 1. The molecule has 0 aliphatic rings. The van der Waals surface area contributed by atoms with E-state index in [2.05, 4.69) is 5.32 Å². The van der Waals surface area contributed by atoms with Gasteiger partial charge in [-0.1, -0.05) is 30.3 Å². The number of nitrogens with one attached hydrogen (secondary N) is 1. The molecule has 2 rings (SSSR count). The lowest BCUT2D eigenvalue weighted by Gasteiger charge is -2.18. The lowest BCUT2D eigenvalue weighted by Crippen LogP contribution is -2.44. The molecule has 0 aliphatic heterocycles. The fourth-order valence-corrected chi connectivity index (χ4v) is 3.11. The molecule has 0 saturated carbocycles. The molecule has 0 fully saturated rings. The average molecular weight is 416 g/mol. The molecule has 1 aromatic carbocycles. The number of hydrogen-bond acceptors (Lipinski definition) is 6. The number of aromatic nitrogens is 1. The molecule has 1 amide bonds. The Morgan fingerprint density at radius 2 is 1.86 bits per heavy atom. The third-order valence-corrected chi connectivity index (χ3v) is 4.81. The topological polar surface area (TPSA) is 94.5 Å². The number of pyridine rings is 1. The highest BCUT2D eigenvalue weighted by Crippen LogP contribution is 2.06. The fraction of sp³-hybridized carbons (Fsp3) is 0.333. The number of hydrogen-bond donors (Lipinski definition) is 1. The van der Waals surface area contributed by atoms with Crippen LogP contribution in [0.15, 0.2) is 53.5 Å². The maximum absolute atomic E-state index is 12.5. The van der Waals surface area contributed by atoms with Crippen molar-refractivity contribution in [3.05, 3.63) is 70.1 Å². The van der Waals surface area contributed by atoms with Gasteiger partial charge in [0.05, 0.1) is 5.56 Å². The van der Waals surface area contributed by atoms with Gasteiger partial charge >= 0.3 is 5.97 Å². The molecule has 0 spiro atoms. The molecule has 0 bridgehead atoms. The molecule has 1 N–H and O–H groups in total. The van der Waals surface area contributed by atoms with Gasteiger partial charge in [-0.3, -0.25) is 14.4 Å².